The van der Waals surface area contributed by atoms with E-state index >= 15 is 0 Å². The third kappa shape index (κ3) is 3.42. The average Bonchev–Trinajstić information content (AvgIpc) is 2.48. The minimum atomic E-state index is 0.0945. The van der Waals surface area contributed by atoms with E-state index in [4.69, 9.17) is 11.0 Å². The van der Waals surface area contributed by atoms with Crippen molar-refractivity contribution in [2.24, 2.45) is 0 Å². The summed E-state index contributed by atoms with van der Waals surface area (Å²) >= 11 is 0. The van der Waals surface area contributed by atoms with E-state index in [1.807, 2.05) is 36.4 Å². The number of para-hydroxylation sites is 1. The van der Waals surface area contributed by atoms with Crippen LogP contribution in [0.2, 0.25) is 0 Å². The van der Waals surface area contributed by atoms with Crippen LogP contribution in [0.15, 0.2) is 48.5 Å². The van der Waals surface area contributed by atoms with Crippen LogP contribution in [0.4, 0.5) is 11.4 Å². The Balaban J connectivity index is 2.19. The predicted molar refractivity (Wildman–Crippen MR) is 80.2 cm³/mol. The molecule has 0 atom stereocenters. The molecule has 0 fully saturated rings. The van der Waals surface area contributed by atoms with Gasteiger partial charge in [0.1, 0.15) is 5.75 Å². The second-order valence-corrected chi connectivity index (χ2v) is 4.56. The van der Waals surface area contributed by atoms with Crippen LogP contribution >= 0.6 is 0 Å². The molecule has 0 aliphatic carbocycles. The molecule has 3 N–H and O–H groups in total. The van der Waals surface area contributed by atoms with Crippen LogP contribution in [0.5, 0.6) is 5.75 Å². The molecule has 102 valence electrons. The van der Waals surface area contributed by atoms with Crippen LogP contribution < -0.4 is 10.6 Å². The van der Waals surface area contributed by atoms with E-state index in [1.165, 1.54) is 0 Å². The molecule has 0 radical (unpaired) electrons. The Bertz CT molecular complexity index is 605. The van der Waals surface area contributed by atoms with Crippen molar-refractivity contribution in [1.82, 2.24) is 0 Å². The van der Waals surface area contributed by atoms with Gasteiger partial charge in [-0.3, -0.25) is 0 Å². The Kier molecular flexibility index (Phi) is 4.46. The highest BCUT2D eigenvalue weighted by Gasteiger charge is 2.08. The molecule has 2 rings (SSSR count). The molecule has 20 heavy (non-hydrogen) atoms. The molecule has 0 aromatic heterocycles. The summed E-state index contributed by atoms with van der Waals surface area (Å²) in [5.41, 5.74) is 8.15. The van der Waals surface area contributed by atoms with Gasteiger partial charge in [-0.1, -0.05) is 24.3 Å². The molecule has 0 amide bonds. The van der Waals surface area contributed by atoms with Gasteiger partial charge in [0.05, 0.1) is 18.2 Å². The Labute approximate surface area is 118 Å². The Morgan fingerprint density at radius 2 is 1.90 bits per heavy atom. The smallest absolute Gasteiger partial charge is 0.138 e. The van der Waals surface area contributed by atoms with E-state index in [9.17, 15) is 5.11 Å². The van der Waals surface area contributed by atoms with E-state index in [0.29, 0.717) is 25.2 Å². The number of nitrogens with zero attached hydrogens (tertiary/aromatic N) is 2. The van der Waals surface area contributed by atoms with Crippen LogP contribution in [-0.2, 0) is 6.54 Å². The van der Waals surface area contributed by atoms with Crippen LogP contribution in [0.3, 0.4) is 0 Å². The number of nitriles is 1. The largest absolute Gasteiger partial charge is 0.506 e. The van der Waals surface area contributed by atoms with E-state index in [1.54, 1.807) is 12.1 Å². The summed E-state index contributed by atoms with van der Waals surface area (Å²) in [6, 6.07) is 17.3. The van der Waals surface area contributed by atoms with Crippen LogP contribution in [0.25, 0.3) is 0 Å². The van der Waals surface area contributed by atoms with Crippen molar-refractivity contribution < 1.29 is 5.11 Å². The zero-order valence-corrected chi connectivity index (χ0v) is 11.2. The molecule has 2 aromatic rings. The fourth-order valence-corrected chi connectivity index (χ4v) is 2.05. The van der Waals surface area contributed by atoms with E-state index in [-0.39, 0.29) is 5.75 Å². The quantitative estimate of drug-likeness (QED) is 0.645. The van der Waals surface area contributed by atoms with Crippen molar-refractivity contribution in [2.75, 3.05) is 17.2 Å². The number of hydrogen-bond donors (Lipinski definition) is 2. The van der Waals surface area contributed by atoms with Crippen molar-refractivity contribution in [2.45, 2.75) is 13.0 Å². The molecule has 0 spiro atoms. The predicted octanol–water partition coefficient (Wildman–Crippen LogP) is 2.89. The normalized spacial score (nSPS) is 9.95. The SMILES string of the molecule is N#CCCN(Cc1ccc(O)c(N)c1)c1ccccc1. The lowest BCUT2D eigenvalue weighted by Gasteiger charge is -2.24. The molecule has 4 heteroatoms. The fraction of sp³-hybridized carbons (Fsp3) is 0.188. The zero-order valence-electron chi connectivity index (χ0n) is 11.2. The molecule has 0 unspecified atom stereocenters. The molecule has 0 aliphatic rings. The lowest BCUT2D eigenvalue weighted by atomic mass is 10.1. The van der Waals surface area contributed by atoms with Crippen molar-refractivity contribution in [3.63, 3.8) is 0 Å². The molecule has 0 aliphatic heterocycles. The van der Waals surface area contributed by atoms with Crippen molar-refractivity contribution in [3.8, 4) is 11.8 Å². The molecule has 0 saturated heterocycles. The molecule has 4 nitrogen and oxygen atoms in total. The molecule has 2 aromatic carbocycles. The number of benzene rings is 2. The fourth-order valence-electron chi connectivity index (χ4n) is 2.05. The highest BCUT2D eigenvalue weighted by molar-refractivity contribution is 5.54. The van der Waals surface area contributed by atoms with Gasteiger partial charge in [0, 0.05) is 18.8 Å². The minimum Gasteiger partial charge on any atom is -0.506 e. The molecule has 0 heterocycles. The summed E-state index contributed by atoms with van der Waals surface area (Å²) < 4.78 is 0. The highest BCUT2D eigenvalue weighted by Crippen LogP contribution is 2.23. The number of hydrogen-bond acceptors (Lipinski definition) is 4. The Morgan fingerprint density at radius 1 is 1.15 bits per heavy atom. The van der Waals surface area contributed by atoms with Crippen molar-refractivity contribution in [1.29, 1.82) is 5.26 Å². The molecular formula is C16H17N3O. The average molecular weight is 267 g/mol. The highest BCUT2D eigenvalue weighted by atomic mass is 16.3. The number of phenolic OH excluding ortho intramolecular Hbond substituents is 1. The zero-order chi connectivity index (χ0) is 14.4. The summed E-state index contributed by atoms with van der Waals surface area (Å²) in [5.74, 6) is 0.0945. The maximum absolute atomic E-state index is 9.45. The van der Waals surface area contributed by atoms with Gasteiger partial charge in [0.15, 0.2) is 0 Å². The molecular weight excluding hydrogens is 250 g/mol. The third-order valence-electron chi connectivity index (χ3n) is 3.08. The lowest BCUT2D eigenvalue weighted by molar-refractivity contribution is 0.477. The topological polar surface area (TPSA) is 73.3 Å². The first-order chi connectivity index (χ1) is 9.70. The first-order valence-corrected chi connectivity index (χ1v) is 6.45. The second kappa shape index (κ2) is 6.48. The second-order valence-electron chi connectivity index (χ2n) is 4.56. The number of anilines is 2. The van der Waals surface area contributed by atoms with Crippen LogP contribution in [0, 0.1) is 11.3 Å². The van der Waals surface area contributed by atoms with Gasteiger partial charge in [0.25, 0.3) is 0 Å². The van der Waals surface area contributed by atoms with Crippen LogP contribution in [-0.4, -0.2) is 11.7 Å². The number of phenols is 1. The minimum absolute atomic E-state index is 0.0945. The summed E-state index contributed by atoms with van der Waals surface area (Å²) in [6.07, 6.45) is 0.461. The van der Waals surface area contributed by atoms with E-state index in [0.717, 1.165) is 11.3 Å². The van der Waals surface area contributed by atoms with Crippen molar-refractivity contribution >= 4 is 11.4 Å². The lowest BCUT2D eigenvalue weighted by Crippen LogP contribution is -2.23. The summed E-state index contributed by atoms with van der Waals surface area (Å²) in [7, 11) is 0. The standard InChI is InChI=1S/C16H17N3O/c17-9-4-10-19(14-5-2-1-3-6-14)12-13-7-8-16(20)15(18)11-13/h1-3,5-8,11,20H,4,10,12,18H2. The maximum Gasteiger partial charge on any atom is 0.138 e. The van der Waals surface area contributed by atoms with Gasteiger partial charge in [0.2, 0.25) is 0 Å². The van der Waals surface area contributed by atoms with E-state index < -0.39 is 0 Å². The first kappa shape index (κ1) is 13.8. The van der Waals surface area contributed by atoms with Crippen LogP contribution in [0.1, 0.15) is 12.0 Å². The van der Waals surface area contributed by atoms with Gasteiger partial charge >= 0.3 is 0 Å². The third-order valence-corrected chi connectivity index (χ3v) is 3.08. The number of nitrogen functional groups attached to an aromatic ring is 1. The van der Waals surface area contributed by atoms with Gasteiger partial charge in [-0.25, -0.2) is 0 Å². The van der Waals surface area contributed by atoms with Crippen molar-refractivity contribution in [3.05, 3.63) is 54.1 Å². The van der Waals surface area contributed by atoms with E-state index in [2.05, 4.69) is 11.0 Å². The number of rotatable bonds is 5. The monoisotopic (exact) mass is 267 g/mol. The van der Waals surface area contributed by atoms with Gasteiger partial charge in [-0.05, 0) is 29.8 Å². The van der Waals surface area contributed by atoms with Gasteiger partial charge in [-0.2, -0.15) is 5.26 Å². The maximum atomic E-state index is 9.45. The Morgan fingerprint density at radius 3 is 2.55 bits per heavy atom. The summed E-state index contributed by atoms with van der Waals surface area (Å²) in [5, 5.41) is 18.2. The summed E-state index contributed by atoms with van der Waals surface area (Å²) in [4.78, 5) is 2.12. The Hall–Kier alpha value is -2.67. The molecule has 0 bridgehead atoms. The first-order valence-electron chi connectivity index (χ1n) is 6.45. The summed E-state index contributed by atoms with van der Waals surface area (Å²) in [6.45, 7) is 1.30. The van der Waals surface area contributed by atoms with Gasteiger partial charge in [-0.15, -0.1) is 0 Å². The molecule has 0 saturated carbocycles. The number of aromatic hydroxyl groups is 1. The van der Waals surface area contributed by atoms with Gasteiger partial charge < -0.3 is 15.7 Å². The number of nitrogens with two attached hydrogens (primary N) is 1.